The van der Waals surface area contributed by atoms with Crippen LogP contribution in [0.25, 0.3) is 0 Å². The number of benzene rings is 2. The van der Waals surface area contributed by atoms with E-state index in [-0.39, 0.29) is 29.1 Å². The molecule has 0 bridgehead atoms. The Hall–Kier alpha value is -2.74. The second-order valence-corrected chi connectivity index (χ2v) is 10.1. The van der Waals surface area contributed by atoms with Gasteiger partial charge in [0.05, 0.1) is 12.0 Å². The number of hydrogen-bond donors (Lipinski definition) is 0. The summed E-state index contributed by atoms with van der Waals surface area (Å²) in [6.45, 7) is 2.79. The van der Waals surface area contributed by atoms with Gasteiger partial charge in [-0.3, -0.25) is 9.59 Å². The molecule has 1 aliphatic carbocycles. The van der Waals surface area contributed by atoms with Crippen LogP contribution in [0.5, 0.6) is 5.75 Å². The Morgan fingerprint density at radius 3 is 2.35 bits per heavy atom. The van der Waals surface area contributed by atoms with Crippen molar-refractivity contribution in [2.45, 2.75) is 49.2 Å². The first-order chi connectivity index (χ1) is 14.6. The molecule has 0 N–H and O–H groups in total. The predicted molar refractivity (Wildman–Crippen MR) is 113 cm³/mol. The summed E-state index contributed by atoms with van der Waals surface area (Å²) in [5.74, 6) is -2.30. The van der Waals surface area contributed by atoms with E-state index in [0.717, 1.165) is 11.6 Å². The summed E-state index contributed by atoms with van der Waals surface area (Å²) in [5, 5.41) is 0. The molecule has 31 heavy (non-hydrogen) atoms. The molecule has 8 heteroatoms. The minimum absolute atomic E-state index is 0.00366. The lowest BCUT2D eigenvalue weighted by molar-refractivity contribution is -0.145. The van der Waals surface area contributed by atoms with Crippen LogP contribution in [-0.2, 0) is 19.4 Å². The highest BCUT2D eigenvalue weighted by atomic mass is 32.2. The van der Waals surface area contributed by atoms with Gasteiger partial charge < -0.3 is 9.47 Å². The molecule has 0 aromatic heterocycles. The van der Waals surface area contributed by atoms with Crippen molar-refractivity contribution in [3.8, 4) is 5.75 Å². The van der Waals surface area contributed by atoms with E-state index in [9.17, 15) is 22.4 Å². The fourth-order valence-electron chi connectivity index (χ4n) is 3.92. The molecule has 0 unspecified atom stereocenters. The molecule has 0 atom stereocenters. The second kappa shape index (κ2) is 8.78. The maximum absolute atomic E-state index is 13.9. The van der Waals surface area contributed by atoms with Gasteiger partial charge in [-0.05, 0) is 62.1 Å². The van der Waals surface area contributed by atoms with E-state index in [0.29, 0.717) is 18.4 Å². The van der Waals surface area contributed by atoms with Crippen LogP contribution in [0.1, 0.15) is 47.2 Å². The molecule has 6 nitrogen and oxygen atoms in total. The van der Waals surface area contributed by atoms with Gasteiger partial charge in [0, 0.05) is 5.56 Å². The number of rotatable bonds is 7. The van der Waals surface area contributed by atoms with Crippen molar-refractivity contribution in [3.05, 3.63) is 58.9 Å². The molecule has 0 heterocycles. The van der Waals surface area contributed by atoms with Crippen LogP contribution in [0.2, 0.25) is 0 Å². The van der Waals surface area contributed by atoms with Crippen molar-refractivity contribution in [2.75, 3.05) is 13.7 Å². The fraction of sp³-hybridized carbons (Fsp3) is 0.391. The van der Waals surface area contributed by atoms with Crippen molar-refractivity contribution in [1.82, 2.24) is 0 Å². The summed E-state index contributed by atoms with van der Waals surface area (Å²) >= 11 is 0. The number of halogens is 1. The van der Waals surface area contributed by atoms with Crippen LogP contribution in [0.4, 0.5) is 4.39 Å². The van der Waals surface area contributed by atoms with E-state index >= 15 is 0 Å². The minimum Gasteiger partial charge on any atom is -0.494 e. The average molecular weight is 449 g/mol. The number of sulfone groups is 1. The molecule has 0 spiro atoms. The van der Waals surface area contributed by atoms with Gasteiger partial charge in [-0.2, -0.15) is 0 Å². The van der Waals surface area contributed by atoms with E-state index in [4.69, 9.17) is 9.47 Å². The maximum atomic E-state index is 13.9. The first-order valence-corrected chi connectivity index (χ1v) is 11.5. The Labute approximate surface area is 181 Å². The fourth-order valence-corrected chi connectivity index (χ4v) is 6.28. The number of carbonyl (C=O) groups excluding carboxylic acids is 2. The number of ketones is 1. The highest BCUT2D eigenvalue weighted by Gasteiger charge is 2.54. The number of aryl methyl sites for hydroxylation is 2. The van der Waals surface area contributed by atoms with E-state index in [1.165, 1.54) is 19.2 Å². The molecular formula is C23H25FO6S. The lowest BCUT2D eigenvalue weighted by Gasteiger charge is -2.27. The lowest BCUT2D eigenvalue weighted by atomic mass is 10.1. The van der Waals surface area contributed by atoms with Gasteiger partial charge in [-0.1, -0.05) is 25.0 Å². The van der Waals surface area contributed by atoms with Gasteiger partial charge in [0.15, 0.2) is 38.5 Å². The van der Waals surface area contributed by atoms with Crippen molar-refractivity contribution in [3.63, 3.8) is 0 Å². The molecule has 1 saturated carbocycles. The van der Waals surface area contributed by atoms with Crippen molar-refractivity contribution in [1.29, 1.82) is 0 Å². The van der Waals surface area contributed by atoms with Crippen LogP contribution < -0.4 is 4.74 Å². The van der Waals surface area contributed by atoms with Gasteiger partial charge in [-0.25, -0.2) is 12.8 Å². The Morgan fingerprint density at radius 1 is 1.06 bits per heavy atom. The van der Waals surface area contributed by atoms with Crippen LogP contribution in [0, 0.1) is 19.7 Å². The van der Waals surface area contributed by atoms with Crippen LogP contribution in [0.3, 0.4) is 0 Å². The SMILES string of the molecule is COc1ccc(C(=O)COC(=O)C2(S(=O)(=O)c3cc(C)ccc3C)CCCC2)cc1F. The summed E-state index contributed by atoms with van der Waals surface area (Å²) in [5.41, 5.74) is 1.32. The summed E-state index contributed by atoms with van der Waals surface area (Å²) in [6, 6.07) is 8.72. The van der Waals surface area contributed by atoms with E-state index < -0.39 is 38.8 Å². The standard InChI is InChI=1S/C23H25FO6S/c1-15-6-7-16(2)21(12-15)31(27,28)23(10-4-5-11-23)22(26)30-14-19(25)17-8-9-20(29-3)18(24)13-17/h6-9,12-13H,4-5,10-11,14H2,1-3H3. The molecule has 3 rings (SSSR count). The molecule has 2 aromatic carbocycles. The number of methoxy groups -OCH3 is 1. The van der Waals surface area contributed by atoms with E-state index in [1.54, 1.807) is 32.0 Å². The molecule has 0 aliphatic heterocycles. The Morgan fingerprint density at radius 2 is 1.74 bits per heavy atom. The topological polar surface area (TPSA) is 86.7 Å². The summed E-state index contributed by atoms with van der Waals surface area (Å²) in [7, 11) is -2.74. The third-order valence-corrected chi connectivity index (χ3v) is 8.36. The van der Waals surface area contributed by atoms with Gasteiger partial charge in [0.1, 0.15) is 0 Å². The number of Topliss-reactive ketones (excluding diaryl/α,β-unsaturated/α-hetero) is 1. The predicted octanol–water partition coefficient (Wildman–Crippen LogP) is 3.96. The van der Waals surface area contributed by atoms with Gasteiger partial charge in [-0.15, -0.1) is 0 Å². The molecule has 1 fully saturated rings. The van der Waals surface area contributed by atoms with Crippen LogP contribution >= 0.6 is 0 Å². The molecule has 166 valence electrons. The van der Waals surface area contributed by atoms with E-state index in [1.807, 2.05) is 0 Å². The molecule has 0 amide bonds. The quantitative estimate of drug-likeness (QED) is 0.471. The molecule has 0 saturated heterocycles. The molecular weight excluding hydrogens is 423 g/mol. The first kappa shape index (κ1) is 22.9. The summed E-state index contributed by atoms with van der Waals surface area (Å²) in [4.78, 5) is 25.5. The van der Waals surface area contributed by atoms with Gasteiger partial charge in [0.25, 0.3) is 0 Å². The van der Waals surface area contributed by atoms with Crippen molar-refractivity contribution < 1.29 is 31.9 Å². The Kier molecular flexibility index (Phi) is 6.50. The lowest BCUT2D eigenvalue weighted by Crippen LogP contribution is -2.46. The third kappa shape index (κ3) is 4.21. The molecule has 2 aromatic rings. The monoisotopic (exact) mass is 448 g/mol. The van der Waals surface area contributed by atoms with Gasteiger partial charge >= 0.3 is 5.97 Å². The number of ether oxygens (including phenoxy) is 2. The van der Waals surface area contributed by atoms with Crippen molar-refractivity contribution >= 4 is 21.6 Å². The third-order valence-electron chi connectivity index (χ3n) is 5.74. The normalized spacial score (nSPS) is 15.5. The average Bonchev–Trinajstić information content (AvgIpc) is 3.25. The Balaban J connectivity index is 1.84. The summed E-state index contributed by atoms with van der Waals surface area (Å²) < 4.78 is 49.3. The minimum atomic E-state index is -4.04. The Bertz CT molecular complexity index is 1120. The number of hydrogen-bond acceptors (Lipinski definition) is 6. The summed E-state index contributed by atoms with van der Waals surface area (Å²) in [6.07, 6.45) is 1.40. The van der Waals surface area contributed by atoms with Crippen molar-refractivity contribution in [2.24, 2.45) is 0 Å². The van der Waals surface area contributed by atoms with Crippen LogP contribution in [0.15, 0.2) is 41.3 Å². The maximum Gasteiger partial charge on any atom is 0.328 e. The zero-order chi connectivity index (χ0) is 22.8. The smallest absolute Gasteiger partial charge is 0.328 e. The van der Waals surface area contributed by atoms with Gasteiger partial charge in [0.2, 0.25) is 0 Å². The zero-order valence-corrected chi connectivity index (χ0v) is 18.6. The number of esters is 1. The zero-order valence-electron chi connectivity index (χ0n) is 17.7. The highest BCUT2D eigenvalue weighted by Crippen LogP contribution is 2.42. The second-order valence-electron chi connectivity index (χ2n) is 7.82. The molecule has 0 radical (unpaired) electrons. The molecule has 1 aliphatic rings. The largest absolute Gasteiger partial charge is 0.494 e. The number of carbonyl (C=O) groups is 2. The van der Waals surface area contributed by atoms with E-state index in [2.05, 4.69) is 0 Å². The first-order valence-electron chi connectivity index (χ1n) is 9.98. The van der Waals surface area contributed by atoms with Crippen LogP contribution in [-0.4, -0.2) is 38.6 Å². The highest BCUT2D eigenvalue weighted by molar-refractivity contribution is 7.93.